The number of nitrogens with zero attached hydrogens (tertiary/aromatic N) is 2. The van der Waals surface area contributed by atoms with Crippen LogP contribution in [0.3, 0.4) is 0 Å². The van der Waals surface area contributed by atoms with E-state index in [0.717, 1.165) is 5.56 Å². The summed E-state index contributed by atoms with van der Waals surface area (Å²) in [7, 11) is 0. The fraction of sp³-hybridized carbons (Fsp3) is 0.105. The number of hydrogen-bond donors (Lipinski definition) is 0. The standard InChI is InChI=1S/C19H15ClN2O3/c1-13(23)15-7-8-17(16(20)11-15)25-19-21-10-9-18(22-19)24-12-14-5-3-2-4-6-14/h2-11H,12H2,1H3. The van der Waals surface area contributed by atoms with E-state index in [4.69, 9.17) is 21.1 Å². The average molecular weight is 355 g/mol. The predicted octanol–water partition coefficient (Wildman–Crippen LogP) is 4.70. The third kappa shape index (κ3) is 4.55. The Bertz CT molecular complexity index is 885. The van der Waals surface area contributed by atoms with Crippen LogP contribution in [0.15, 0.2) is 60.8 Å². The van der Waals surface area contributed by atoms with Gasteiger partial charge in [0.05, 0.1) is 5.02 Å². The van der Waals surface area contributed by atoms with Gasteiger partial charge in [0.2, 0.25) is 5.88 Å². The molecule has 2 aromatic carbocycles. The summed E-state index contributed by atoms with van der Waals surface area (Å²) in [5.41, 5.74) is 1.55. The fourth-order valence-electron chi connectivity index (χ4n) is 2.09. The third-order valence-corrected chi connectivity index (χ3v) is 3.67. The Hall–Kier alpha value is -2.92. The van der Waals surface area contributed by atoms with Crippen molar-refractivity contribution in [3.63, 3.8) is 0 Å². The molecule has 6 heteroatoms. The summed E-state index contributed by atoms with van der Waals surface area (Å²) < 4.78 is 11.2. The van der Waals surface area contributed by atoms with E-state index < -0.39 is 0 Å². The molecule has 0 saturated carbocycles. The molecule has 0 atom stereocenters. The SMILES string of the molecule is CC(=O)c1ccc(Oc2nccc(OCc3ccccc3)n2)c(Cl)c1. The number of Topliss-reactive ketones (excluding diaryl/α,β-unsaturated/α-hetero) is 1. The van der Waals surface area contributed by atoms with Crippen LogP contribution in [0.25, 0.3) is 0 Å². The fourth-order valence-corrected chi connectivity index (χ4v) is 2.31. The number of hydrogen-bond acceptors (Lipinski definition) is 5. The summed E-state index contributed by atoms with van der Waals surface area (Å²) in [6.45, 7) is 1.87. The molecular weight excluding hydrogens is 340 g/mol. The zero-order chi connectivity index (χ0) is 17.6. The van der Waals surface area contributed by atoms with E-state index in [1.807, 2.05) is 30.3 Å². The molecule has 3 aromatic rings. The van der Waals surface area contributed by atoms with Crippen LogP contribution in [0.2, 0.25) is 5.02 Å². The summed E-state index contributed by atoms with van der Waals surface area (Å²) in [5, 5.41) is 0.312. The minimum Gasteiger partial charge on any atom is -0.473 e. The smallest absolute Gasteiger partial charge is 0.325 e. The van der Waals surface area contributed by atoms with Crippen molar-refractivity contribution in [2.45, 2.75) is 13.5 Å². The molecule has 0 saturated heterocycles. The Morgan fingerprint density at radius 1 is 1.12 bits per heavy atom. The van der Waals surface area contributed by atoms with Crippen molar-refractivity contribution in [1.29, 1.82) is 0 Å². The first-order valence-corrected chi connectivity index (χ1v) is 7.98. The van der Waals surface area contributed by atoms with E-state index >= 15 is 0 Å². The first-order valence-electron chi connectivity index (χ1n) is 7.60. The second-order valence-corrected chi connectivity index (χ2v) is 5.66. The van der Waals surface area contributed by atoms with E-state index in [9.17, 15) is 4.79 Å². The normalized spacial score (nSPS) is 10.3. The quantitative estimate of drug-likeness (QED) is 0.600. The van der Waals surface area contributed by atoms with Gasteiger partial charge in [-0.15, -0.1) is 0 Å². The molecule has 0 aliphatic carbocycles. The van der Waals surface area contributed by atoms with Gasteiger partial charge in [-0.05, 0) is 30.7 Å². The second-order valence-electron chi connectivity index (χ2n) is 5.26. The Morgan fingerprint density at radius 2 is 1.92 bits per heavy atom. The van der Waals surface area contributed by atoms with E-state index in [1.54, 1.807) is 30.5 Å². The molecular formula is C19H15ClN2O3. The molecule has 3 rings (SSSR count). The van der Waals surface area contributed by atoms with Gasteiger partial charge in [-0.1, -0.05) is 41.9 Å². The summed E-state index contributed by atoms with van der Waals surface area (Å²) in [6.07, 6.45) is 1.54. The average Bonchev–Trinajstić information content (AvgIpc) is 2.63. The molecule has 0 aliphatic rings. The van der Waals surface area contributed by atoms with Crippen molar-refractivity contribution in [3.8, 4) is 17.6 Å². The van der Waals surface area contributed by atoms with E-state index in [1.165, 1.54) is 6.92 Å². The van der Waals surface area contributed by atoms with Crippen LogP contribution in [-0.2, 0) is 6.61 Å². The highest BCUT2D eigenvalue weighted by atomic mass is 35.5. The molecule has 1 aromatic heterocycles. The lowest BCUT2D eigenvalue weighted by molar-refractivity contribution is 0.101. The number of carbonyl (C=O) groups excluding carboxylic acids is 1. The van der Waals surface area contributed by atoms with Crippen molar-refractivity contribution in [3.05, 3.63) is 76.9 Å². The molecule has 5 nitrogen and oxygen atoms in total. The largest absolute Gasteiger partial charge is 0.473 e. The lowest BCUT2D eigenvalue weighted by Crippen LogP contribution is -1.99. The molecule has 0 spiro atoms. The predicted molar refractivity (Wildman–Crippen MR) is 94.3 cm³/mol. The van der Waals surface area contributed by atoms with Crippen molar-refractivity contribution >= 4 is 17.4 Å². The van der Waals surface area contributed by atoms with Crippen molar-refractivity contribution < 1.29 is 14.3 Å². The third-order valence-electron chi connectivity index (χ3n) is 3.38. The lowest BCUT2D eigenvalue weighted by atomic mass is 10.1. The first kappa shape index (κ1) is 16.9. The number of carbonyl (C=O) groups is 1. The minimum atomic E-state index is -0.0685. The zero-order valence-electron chi connectivity index (χ0n) is 13.5. The number of rotatable bonds is 6. The van der Waals surface area contributed by atoms with E-state index in [2.05, 4.69) is 9.97 Å². The van der Waals surface area contributed by atoms with Gasteiger partial charge in [0, 0.05) is 17.8 Å². The highest BCUT2D eigenvalue weighted by molar-refractivity contribution is 6.32. The summed E-state index contributed by atoms with van der Waals surface area (Å²) in [6, 6.07) is 16.3. The molecule has 0 N–H and O–H groups in total. The van der Waals surface area contributed by atoms with Crippen LogP contribution in [0, 0.1) is 0 Å². The van der Waals surface area contributed by atoms with E-state index in [-0.39, 0.29) is 11.8 Å². The van der Waals surface area contributed by atoms with Crippen LogP contribution in [0.4, 0.5) is 0 Å². The van der Waals surface area contributed by atoms with Gasteiger partial charge in [0.15, 0.2) is 5.78 Å². The van der Waals surface area contributed by atoms with Crippen molar-refractivity contribution in [2.24, 2.45) is 0 Å². The van der Waals surface area contributed by atoms with Gasteiger partial charge in [-0.2, -0.15) is 4.98 Å². The van der Waals surface area contributed by atoms with Crippen LogP contribution < -0.4 is 9.47 Å². The molecule has 0 amide bonds. The molecule has 0 aliphatic heterocycles. The monoisotopic (exact) mass is 354 g/mol. The van der Waals surface area contributed by atoms with Gasteiger partial charge in [0.1, 0.15) is 12.4 Å². The summed E-state index contributed by atoms with van der Waals surface area (Å²) in [4.78, 5) is 19.6. The maximum absolute atomic E-state index is 11.4. The highest BCUT2D eigenvalue weighted by Crippen LogP contribution is 2.29. The number of halogens is 1. The summed E-state index contributed by atoms with van der Waals surface area (Å²) >= 11 is 6.14. The Morgan fingerprint density at radius 3 is 2.64 bits per heavy atom. The van der Waals surface area contributed by atoms with E-state index in [0.29, 0.717) is 28.8 Å². The van der Waals surface area contributed by atoms with Gasteiger partial charge in [-0.25, -0.2) is 4.98 Å². The molecule has 0 unspecified atom stereocenters. The number of benzene rings is 2. The van der Waals surface area contributed by atoms with Crippen molar-refractivity contribution in [1.82, 2.24) is 9.97 Å². The first-order chi connectivity index (χ1) is 12.1. The maximum Gasteiger partial charge on any atom is 0.325 e. The van der Waals surface area contributed by atoms with Crippen LogP contribution in [0.5, 0.6) is 17.6 Å². The number of ether oxygens (including phenoxy) is 2. The molecule has 0 radical (unpaired) electrons. The van der Waals surface area contributed by atoms with Gasteiger partial charge >= 0.3 is 6.01 Å². The molecule has 25 heavy (non-hydrogen) atoms. The Kier molecular flexibility index (Phi) is 5.26. The van der Waals surface area contributed by atoms with Crippen LogP contribution in [0.1, 0.15) is 22.8 Å². The number of ketones is 1. The van der Waals surface area contributed by atoms with Crippen LogP contribution in [-0.4, -0.2) is 15.8 Å². The molecule has 1 heterocycles. The van der Waals surface area contributed by atoms with Gasteiger partial charge in [0.25, 0.3) is 0 Å². The summed E-state index contributed by atoms with van der Waals surface area (Å²) in [5.74, 6) is 0.693. The molecule has 126 valence electrons. The van der Waals surface area contributed by atoms with Crippen molar-refractivity contribution in [2.75, 3.05) is 0 Å². The van der Waals surface area contributed by atoms with Crippen LogP contribution >= 0.6 is 11.6 Å². The Labute approximate surface area is 150 Å². The highest BCUT2D eigenvalue weighted by Gasteiger charge is 2.09. The second kappa shape index (κ2) is 7.77. The maximum atomic E-state index is 11.4. The van der Waals surface area contributed by atoms with Gasteiger partial charge < -0.3 is 9.47 Å². The molecule has 0 fully saturated rings. The zero-order valence-corrected chi connectivity index (χ0v) is 14.2. The topological polar surface area (TPSA) is 61.3 Å². The van der Waals surface area contributed by atoms with Gasteiger partial charge in [-0.3, -0.25) is 4.79 Å². The minimum absolute atomic E-state index is 0.0685. The number of aromatic nitrogens is 2. The molecule has 0 bridgehead atoms. The lowest BCUT2D eigenvalue weighted by Gasteiger charge is -2.09. The Balaban J connectivity index is 1.70.